The van der Waals surface area contributed by atoms with E-state index >= 15 is 0 Å². The van der Waals surface area contributed by atoms with E-state index in [2.05, 4.69) is 5.32 Å². The van der Waals surface area contributed by atoms with Gasteiger partial charge in [-0.15, -0.1) is 0 Å². The molecule has 0 spiro atoms. The molecule has 2 N–H and O–H groups in total. The summed E-state index contributed by atoms with van der Waals surface area (Å²) in [5.74, 6) is -1.81. The molecule has 2 atom stereocenters. The normalized spacial score (nSPS) is 21.7. The third-order valence-corrected chi connectivity index (χ3v) is 3.92. The van der Waals surface area contributed by atoms with Crippen molar-refractivity contribution >= 4 is 11.9 Å². The van der Waals surface area contributed by atoms with Gasteiger partial charge in [-0.05, 0) is 49.4 Å². The van der Waals surface area contributed by atoms with Gasteiger partial charge < -0.3 is 10.4 Å². The Labute approximate surface area is 117 Å². The summed E-state index contributed by atoms with van der Waals surface area (Å²) in [6.45, 7) is 1.95. The Balaban J connectivity index is 1.95. The molecule has 0 aliphatic heterocycles. The van der Waals surface area contributed by atoms with Gasteiger partial charge in [0.25, 0.3) is 5.91 Å². The highest BCUT2D eigenvalue weighted by Gasteiger charge is 2.32. The molecule has 1 aliphatic carbocycles. The molecule has 1 saturated carbocycles. The number of carboxylic acid groups (broad SMARTS) is 1. The van der Waals surface area contributed by atoms with Crippen molar-refractivity contribution in [1.29, 1.82) is 0 Å². The van der Waals surface area contributed by atoms with Gasteiger partial charge in [0, 0.05) is 12.1 Å². The monoisotopic (exact) mass is 279 g/mol. The average molecular weight is 279 g/mol. The first-order valence-corrected chi connectivity index (χ1v) is 6.76. The van der Waals surface area contributed by atoms with Crippen LogP contribution in [0.3, 0.4) is 0 Å². The first-order chi connectivity index (χ1) is 9.49. The van der Waals surface area contributed by atoms with E-state index in [-0.39, 0.29) is 23.6 Å². The van der Waals surface area contributed by atoms with Gasteiger partial charge in [-0.3, -0.25) is 9.59 Å². The molecule has 2 rings (SSSR count). The van der Waals surface area contributed by atoms with E-state index in [0.29, 0.717) is 24.1 Å². The van der Waals surface area contributed by atoms with Crippen LogP contribution in [-0.2, 0) is 4.79 Å². The number of aryl methyl sites for hydroxylation is 1. The number of carboxylic acids is 1. The van der Waals surface area contributed by atoms with Crippen LogP contribution in [0, 0.1) is 24.6 Å². The van der Waals surface area contributed by atoms with Gasteiger partial charge in [-0.1, -0.05) is 6.42 Å². The second-order valence-electron chi connectivity index (χ2n) is 5.31. The smallest absolute Gasteiger partial charge is 0.306 e. The first-order valence-electron chi connectivity index (χ1n) is 6.76. The number of carbonyl (C=O) groups is 2. The summed E-state index contributed by atoms with van der Waals surface area (Å²) in [5, 5.41) is 11.8. The Morgan fingerprint density at radius 1 is 1.40 bits per heavy atom. The van der Waals surface area contributed by atoms with Crippen molar-refractivity contribution in [3.63, 3.8) is 0 Å². The van der Waals surface area contributed by atoms with Gasteiger partial charge in [-0.25, -0.2) is 4.39 Å². The fourth-order valence-corrected chi connectivity index (χ4v) is 2.72. The topological polar surface area (TPSA) is 66.4 Å². The SMILES string of the molecule is Cc1cc(C(=O)NCC2CCCC2C(=O)O)ccc1F. The number of aliphatic carboxylic acids is 1. The van der Waals surface area contributed by atoms with Crippen molar-refractivity contribution in [3.8, 4) is 0 Å². The van der Waals surface area contributed by atoms with Crippen LogP contribution in [-0.4, -0.2) is 23.5 Å². The summed E-state index contributed by atoms with van der Waals surface area (Å²) in [6, 6.07) is 4.19. The molecule has 0 bridgehead atoms. The number of benzene rings is 1. The second-order valence-corrected chi connectivity index (χ2v) is 5.31. The van der Waals surface area contributed by atoms with Crippen LogP contribution in [0.4, 0.5) is 4.39 Å². The Morgan fingerprint density at radius 2 is 2.15 bits per heavy atom. The van der Waals surface area contributed by atoms with Crippen LogP contribution >= 0.6 is 0 Å². The standard InChI is InChI=1S/C15H18FNO3/c1-9-7-10(5-6-13(9)16)14(18)17-8-11-3-2-4-12(11)15(19)20/h5-7,11-12H,2-4,8H2,1H3,(H,17,18)(H,19,20). The molecule has 1 aromatic rings. The molecular weight excluding hydrogens is 261 g/mol. The van der Waals surface area contributed by atoms with Crippen LogP contribution < -0.4 is 5.32 Å². The average Bonchev–Trinajstić information content (AvgIpc) is 2.87. The minimum absolute atomic E-state index is 0.0157. The summed E-state index contributed by atoms with van der Waals surface area (Å²) < 4.78 is 13.1. The number of rotatable bonds is 4. The minimum Gasteiger partial charge on any atom is -0.481 e. The maximum Gasteiger partial charge on any atom is 0.306 e. The van der Waals surface area contributed by atoms with Gasteiger partial charge in [-0.2, -0.15) is 0 Å². The number of halogens is 1. The maximum atomic E-state index is 13.1. The lowest BCUT2D eigenvalue weighted by Gasteiger charge is -2.16. The van der Waals surface area contributed by atoms with Crippen molar-refractivity contribution in [2.75, 3.05) is 6.54 Å². The summed E-state index contributed by atoms with van der Waals surface area (Å²) >= 11 is 0. The third-order valence-electron chi connectivity index (χ3n) is 3.92. The second kappa shape index (κ2) is 6.03. The highest BCUT2D eigenvalue weighted by atomic mass is 19.1. The molecule has 0 radical (unpaired) electrons. The van der Waals surface area contributed by atoms with Crippen LogP contribution in [0.2, 0.25) is 0 Å². The largest absolute Gasteiger partial charge is 0.481 e. The molecule has 0 saturated heterocycles. The van der Waals surface area contributed by atoms with Gasteiger partial charge in [0.15, 0.2) is 0 Å². The van der Waals surface area contributed by atoms with Crippen molar-refractivity contribution in [2.45, 2.75) is 26.2 Å². The Hall–Kier alpha value is -1.91. The highest BCUT2D eigenvalue weighted by molar-refractivity contribution is 5.94. The molecule has 20 heavy (non-hydrogen) atoms. The molecule has 1 aliphatic rings. The van der Waals surface area contributed by atoms with Crippen LogP contribution in [0.1, 0.15) is 35.2 Å². The Bertz CT molecular complexity index is 530. The zero-order chi connectivity index (χ0) is 14.7. The lowest BCUT2D eigenvalue weighted by Crippen LogP contribution is -2.33. The van der Waals surface area contributed by atoms with Crippen molar-refractivity contribution in [2.24, 2.45) is 11.8 Å². The molecule has 1 fully saturated rings. The summed E-state index contributed by atoms with van der Waals surface area (Å²) in [6.07, 6.45) is 2.37. The van der Waals surface area contributed by atoms with E-state index < -0.39 is 5.97 Å². The fraction of sp³-hybridized carbons (Fsp3) is 0.467. The van der Waals surface area contributed by atoms with E-state index in [1.54, 1.807) is 6.92 Å². The van der Waals surface area contributed by atoms with Gasteiger partial charge >= 0.3 is 5.97 Å². The maximum absolute atomic E-state index is 13.1. The fourth-order valence-electron chi connectivity index (χ4n) is 2.72. The predicted octanol–water partition coefficient (Wildman–Crippen LogP) is 2.36. The summed E-state index contributed by atoms with van der Waals surface area (Å²) in [4.78, 5) is 23.0. The zero-order valence-electron chi connectivity index (χ0n) is 11.4. The first kappa shape index (κ1) is 14.5. The lowest BCUT2D eigenvalue weighted by molar-refractivity contribution is -0.142. The number of carbonyl (C=O) groups excluding carboxylic acids is 1. The third kappa shape index (κ3) is 3.15. The van der Waals surface area contributed by atoms with Crippen molar-refractivity contribution < 1.29 is 19.1 Å². The quantitative estimate of drug-likeness (QED) is 0.889. The van der Waals surface area contributed by atoms with Crippen molar-refractivity contribution in [3.05, 3.63) is 35.1 Å². The number of hydrogen-bond donors (Lipinski definition) is 2. The van der Waals surface area contributed by atoms with E-state index in [9.17, 15) is 14.0 Å². The zero-order valence-corrected chi connectivity index (χ0v) is 11.4. The van der Waals surface area contributed by atoms with E-state index in [1.165, 1.54) is 18.2 Å². The molecule has 2 unspecified atom stereocenters. The van der Waals surface area contributed by atoms with Crippen LogP contribution in [0.25, 0.3) is 0 Å². The van der Waals surface area contributed by atoms with Gasteiger partial charge in [0.2, 0.25) is 0 Å². The Kier molecular flexibility index (Phi) is 4.37. The van der Waals surface area contributed by atoms with Gasteiger partial charge in [0.1, 0.15) is 5.82 Å². The Morgan fingerprint density at radius 3 is 2.80 bits per heavy atom. The lowest BCUT2D eigenvalue weighted by atomic mass is 9.96. The predicted molar refractivity (Wildman–Crippen MR) is 71.9 cm³/mol. The minimum atomic E-state index is -0.792. The summed E-state index contributed by atoms with van der Waals surface area (Å²) in [5.41, 5.74) is 0.815. The van der Waals surface area contributed by atoms with Crippen LogP contribution in [0.5, 0.6) is 0 Å². The molecule has 4 nitrogen and oxygen atoms in total. The van der Waals surface area contributed by atoms with E-state index in [4.69, 9.17) is 5.11 Å². The number of amides is 1. The molecule has 0 aromatic heterocycles. The van der Waals surface area contributed by atoms with Crippen molar-refractivity contribution in [1.82, 2.24) is 5.32 Å². The molecular formula is C15H18FNO3. The molecule has 0 heterocycles. The molecule has 5 heteroatoms. The molecule has 1 aromatic carbocycles. The van der Waals surface area contributed by atoms with Crippen LogP contribution in [0.15, 0.2) is 18.2 Å². The highest BCUT2D eigenvalue weighted by Crippen LogP contribution is 2.31. The van der Waals surface area contributed by atoms with Gasteiger partial charge in [0.05, 0.1) is 5.92 Å². The summed E-state index contributed by atoms with van der Waals surface area (Å²) in [7, 11) is 0. The van der Waals surface area contributed by atoms with E-state index in [1.807, 2.05) is 0 Å². The number of hydrogen-bond acceptors (Lipinski definition) is 2. The number of nitrogens with one attached hydrogen (secondary N) is 1. The molecule has 1 amide bonds. The molecule has 108 valence electrons. The van der Waals surface area contributed by atoms with E-state index in [0.717, 1.165) is 12.8 Å².